The lowest BCUT2D eigenvalue weighted by atomic mass is 9.90. The number of carbonyl (C=O) groups is 2. The molecule has 126 valence electrons. The first-order valence-corrected chi connectivity index (χ1v) is 7.82. The predicted octanol–water partition coefficient (Wildman–Crippen LogP) is 2.98. The van der Waals surface area contributed by atoms with Gasteiger partial charge >= 0.3 is 12.1 Å². The molecule has 0 aromatic carbocycles. The molecule has 0 aliphatic carbocycles. The fourth-order valence-corrected chi connectivity index (χ4v) is 2.59. The number of methoxy groups -OCH3 is 1. The predicted molar refractivity (Wildman–Crippen MR) is 85.4 cm³/mol. The number of hydrogen-bond donors (Lipinski definition) is 0. The summed E-state index contributed by atoms with van der Waals surface area (Å²) in [7, 11) is 1.34. The number of ether oxygens (including phenoxy) is 2. The zero-order valence-corrected chi connectivity index (χ0v) is 14.2. The van der Waals surface area contributed by atoms with Gasteiger partial charge in [-0.3, -0.25) is 0 Å². The Hall–Kier alpha value is -2.11. The second-order valence-corrected chi connectivity index (χ2v) is 6.71. The third-order valence-corrected chi connectivity index (χ3v) is 3.80. The summed E-state index contributed by atoms with van der Waals surface area (Å²) in [4.78, 5) is 29.3. The van der Waals surface area contributed by atoms with Crippen LogP contribution in [0.3, 0.4) is 0 Å². The van der Waals surface area contributed by atoms with E-state index >= 15 is 0 Å². The lowest BCUT2D eigenvalue weighted by Crippen LogP contribution is -2.41. The summed E-state index contributed by atoms with van der Waals surface area (Å²) in [5, 5.41) is 0. The van der Waals surface area contributed by atoms with Gasteiger partial charge < -0.3 is 14.4 Å². The number of aromatic nitrogens is 1. The van der Waals surface area contributed by atoms with E-state index in [1.54, 1.807) is 17.2 Å². The van der Waals surface area contributed by atoms with Crippen LogP contribution in [0.25, 0.3) is 0 Å². The van der Waals surface area contributed by atoms with Crippen molar-refractivity contribution in [3.05, 3.63) is 29.6 Å². The number of carbonyl (C=O) groups excluding carboxylic acids is 2. The molecule has 1 fully saturated rings. The molecule has 0 radical (unpaired) electrons. The van der Waals surface area contributed by atoms with E-state index in [1.807, 2.05) is 26.8 Å². The van der Waals surface area contributed by atoms with Gasteiger partial charge in [-0.25, -0.2) is 14.6 Å². The van der Waals surface area contributed by atoms with Gasteiger partial charge in [0, 0.05) is 19.3 Å². The average Bonchev–Trinajstić information content (AvgIpc) is 2.53. The van der Waals surface area contributed by atoms with Crippen molar-refractivity contribution in [2.24, 2.45) is 0 Å². The molecule has 1 aromatic heterocycles. The van der Waals surface area contributed by atoms with Crippen molar-refractivity contribution in [2.75, 3.05) is 20.2 Å². The Balaban J connectivity index is 1.91. The minimum Gasteiger partial charge on any atom is -0.464 e. The van der Waals surface area contributed by atoms with E-state index in [-0.39, 0.29) is 6.09 Å². The second-order valence-electron chi connectivity index (χ2n) is 6.71. The maximum Gasteiger partial charge on any atom is 0.410 e. The van der Waals surface area contributed by atoms with E-state index in [2.05, 4.69) is 9.72 Å². The summed E-state index contributed by atoms with van der Waals surface area (Å²) in [6.07, 6.45) is 3.19. The third-order valence-electron chi connectivity index (χ3n) is 3.80. The van der Waals surface area contributed by atoms with E-state index < -0.39 is 11.6 Å². The minimum absolute atomic E-state index is 0.255. The number of nitrogens with zero attached hydrogens (tertiary/aromatic N) is 2. The zero-order valence-electron chi connectivity index (χ0n) is 14.2. The van der Waals surface area contributed by atoms with Crippen molar-refractivity contribution in [2.45, 2.75) is 45.1 Å². The van der Waals surface area contributed by atoms with Crippen LogP contribution in [0.2, 0.25) is 0 Å². The molecule has 6 nitrogen and oxygen atoms in total. The topological polar surface area (TPSA) is 68.7 Å². The van der Waals surface area contributed by atoms with Crippen LogP contribution in [0.1, 0.15) is 55.6 Å². The molecule has 0 unspecified atom stereocenters. The van der Waals surface area contributed by atoms with E-state index in [0.29, 0.717) is 24.7 Å². The van der Waals surface area contributed by atoms with E-state index in [1.165, 1.54) is 7.11 Å². The highest BCUT2D eigenvalue weighted by molar-refractivity contribution is 5.87. The Morgan fingerprint density at radius 2 is 1.87 bits per heavy atom. The molecule has 2 rings (SSSR count). The summed E-state index contributed by atoms with van der Waals surface area (Å²) in [6.45, 7) is 6.93. The van der Waals surface area contributed by atoms with Crippen LogP contribution in [0.15, 0.2) is 18.3 Å². The van der Waals surface area contributed by atoms with Crippen molar-refractivity contribution in [3.63, 3.8) is 0 Å². The molecule has 1 aliphatic rings. The Morgan fingerprint density at radius 1 is 1.22 bits per heavy atom. The zero-order chi connectivity index (χ0) is 17.0. The molecule has 2 heterocycles. The largest absolute Gasteiger partial charge is 0.464 e. The third kappa shape index (κ3) is 4.68. The molecule has 6 heteroatoms. The lowest BCUT2D eigenvalue weighted by Gasteiger charge is -2.33. The van der Waals surface area contributed by atoms with Crippen LogP contribution in [0.5, 0.6) is 0 Å². The monoisotopic (exact) mass is 320 g/mol. The summed E-state index contributed by atoms with van der Waals surface area (Å²) in [5.41, 5.74) is 0.922. The number of pyridine rings is 1. The standard InChI is InChI=1S/C17H24N2O4/c1-17(2,3)23-16(21)19-9-7-12(8-10-19)13-5-6-14(18-11-13)15(20)22-4/h5-6,11-12H,7-10H2,1-4H3. The fraction of sp³-hybridized carbons (Fsp3) is 0.588. The van der Waals surface area contributed by atoms with Gasteiger partial charge in [0.25, 0.3) is 0 Å². The molecular weight excluding hydrogens is 296 g/mol. The van der Waals surface area contributed by atoms with Crippen molar-refractivity contribution in [1.29, 1.82) is 0 Å². The molecule has 1 amide bonds. The first-order chi connectivity index (χ1) is 10.8. The molecule has 0 N–H and O–H groups in total. The van der Waals surface area contributed by atoms with Gasteiger partial charge in [0.2, 0.25) is 0 Å². The highest BCUT2D eigenvalue weighted by atomic mass is 16.6. The maximum absolute atomic E-state index is 12.0. The first kappa shape index (κ1) is 17.2. The number of hydrogen-bond acceptors (Lipinski definition) is 5. The van der Waals surface area contributed by atoms with Gasteiger partial charge in [-0.15, -0.1) is 0 Å². The Bertz CT molecular complexity index is 555. The molecule has 23 heavy (non-hydrogen) atoms. The molecule has 0 spiro atoms. The minimum atomic E-state index is -0.471. The Labute approximate surface area is 136 Å². The summed E-state index contributed by atoms with van der Waals surface area (Å²) in [6, 6.07) is 3.59. The van der Waals surface area contributed by atoms with Gasteiger partial charge in [0.1, 0.15) is 11.3 Å². The number of amides is 1. The van der Waals surface area contributed by atoms with Crippen LogP contribution >= 0.6 is 0 Å². The fourth-order valence-electron chi connectivity index (χ4n) is 2.59. The van der Waals surface area contributed by atoms with Crippen molar-refractivity contribution < 1.29 is 19.1 Å². The summed E-state index contributed by atoms with van der Waals surface area (Å²) in [5.74, 6) is -0.0934. The normalized spacial score (nSPS) is 16.1. The lowest BCUT2D eigenvalue weighted by molar-refractivity contribution is 0.0204. The molecule has 0 saturated carbocycles. The Kier molecular flexibility index (Phi) is 5.23. The first-order valence-electron chi connectivity index (χ1n) is 7.82. The SMILES string of the molecule is COC(=O)c1ccc(C2CCN(C(=O)OC(C)(C)C)CC2)cn1. The highest BCUT2D eigenvalue weighted by Gasteiger charge is 2.27. The van der Waals surface area contributed by atoms with E-state index in [4.69, 9.17) is 4.74 Å². The molecule has 1 saturated heterocycles. The van der Waals surface area contributed by atoms with Crippen LogP contribution in [-0.2, 0) is 9.47 Å². The summed E-state index contributed by atoms with van der Waals surface area (Å²) < 4.78 is 10.0. The second kappa shape index (κ2) is 6.98. The molecule has 0 bridgehead atoms. The van der Waals surface area contributed by atoms with Gasteiger partial charge in [-0.1, -0.05) is 6.07 Å². The van der Waals surface area contributed by atoms with Crippen molar-refractivity contribution in [1.82, 2.24) is 9.88 Å². The van der Waals surface area contributed by atoms with Crippen molar-refractivity contribution in [3.8, 4) is 0 Å². The van der Waals surface area contributed by atoms with Gasteiger partial charge in [-0.05, 0) is 51.2 Å². The average molecular weight is 320 g/mol. The quantitative estimate of drug-likeness (QED) is 0.784. The molecule has 1 aliphatic heterocycles. The van der Waals surface area contributed by atoms with Crippen molar-refractivity contribution >= 4 is 12.1 Å². The van der Waals surface area contributed by atoms with Crippen LogP contribution in [-0.4, -0.2) is 47.7 Å². The molecular formula is C17H24N2O4. The maximum atomic E-state index is 12.0. The van der Waals surface area contributed by atoms with Crippen LogP contribution < -0.4 is 0 Å². The Morgan fingerprint density at radius 3 is 2.35 bits per heavy atom. The number of likely N-dealkylation sites (tertiary alicyclic amines) is 1. The summed E-state index contributed by atoms with van der Waals surface area (Å²) >= 11 is 0. The molecule has 1 aromatic rings. The highest BCUT2D eigenvalue weighted by Crippen LogP contribution is 2.28. The number of rotatable bonds is 2. The van der Waals surface area contributed by atoms with E-state index in [0.717, 1.165) is 18.4 Å². The smallest absolute Gasteiger partial charge is 0.410 e. The van der Waals surface area contributed by atoms with Crippen LogP contribution in [0, 0.1) is 0 Å². The van der Waals surface area contributed by atoms with Gasteiger partial charge in [0.15, 0.2) is 0 Å². The number of esters is 1. The number of piperidine rings is 1. The van der Waals surface area contributed by atoms with Gasteiger partial charge in [0.05, 0.1) is 7.11 Å². The molecule has 0 atom stereocenters. The van der Waals surface area contributed by atoms with Crippen LogP contribution in [0.4, 0.5) is 4.79 Å². The van der Waals surface area contributed by atoms with Gasteiger partial charge in [-0.2, -0.15) is 0 Å². The van der Waals surface area contributed by atoms with E-state index in [9.17, 15) is 9.59 Å².